The molecule has 2 aromatic carbocycles. The molecule has 0 aliphatic heterocycles. The number of aliphatic carboxylic acids is 1. The van der Waals surface area contributed by atoms with Gasteiger partial charge in [-0.1, -0.05) is 49.4 Å². The Labute approximate surface area is 261 Å². The molecule has 0 radical (unpaired) electrons. The van der Waals surface area contributed by atoms with E-state index < -0.39 is 11.9 Å². The number of esters is 1. The van der Waals surface area contributed by atoms with Crippen LogP contribution in [0.1, 0.15) is 50.2 Å². The minimum Gasteiger partial charge on any atom is -0.503 e. The van der Waals surface area contributed by atoms with Gasteiger partial charge in [0.1, 0.15) is 35.3 Å². The Balaban J connectivity index is 0.000000309. The molecule has 1 aliphatic rings. The van der Waals surface area contributed by atoms with Crippen molar-refractivity contribution in [3.05, 3.63) is 90.5 Å². The monoisotopic (exact) mass is 613 g/mol. The van der Waals surface area contributed by atoms with Gasteiger partial charge in [-0.25, -0.2) is 14.8 Å². The molecule has 4 rings (SSSR count). The van der Waals surface area contributed by atoms with Crippen LogP contribution in [0, 0.1) is 23.2 Å². The van der Waals surface area contributed by atoms with Crippen molar-refractivity contribution in [3.63, 3.8) is 0 Å². The summed E-state index contributed by atoms with van der Waals surface area (Å²) in [4.78, 5) is 42.4. The third kappa shape index (κ3) is 10.0. The highest BCUT2D eigenvalue weighted by atomic mass is 16.5. The summed E-state index contributed by atoms with van der Waals surface area (Å²) in [5.41, 5.74) is 1.02. The van der Waals surface area contributed by atoms with Crippen LogP contribution >= 0.6 is 0 Å². The van der Waals surface area contributed by atoms with E-state index in [9.17, 15) is 19.6 Å². The molecule has 45 heavy (non-hydrogen) atoms. The van der Waals surface area contributed by atoms with Crippen molar-refractivity contribution in [2.24, 2.45) is 11.8 Å². The number of para-hydroxylation sites is 2. The van der Waals surface area contributed by atoms with Crippen molar-refractivity contribution in [1.29, 1.82) is 5.26 Å². The van der Waals surface area contributed by atoms with Gasteiger partial charge < -0.3 is 24.1 Å². The number of carboxylic acids is 1. The topological polar surface area (TPSA) is 158 Å². The van der Waals surface area contributed by atoms with Crippen LogP contribution in [0.15, 0.2) is 79.3 Å². The lowest BCUT2D eigenvalue weighted by molar-refractivity contribution is -0.138. The number of Topliss-reactive ketones (excluding diaryl/α,β-unsaturated/α-hetero) is 1. The average Bonchev–Trinajstić information content (AvgIpc) is 3.38. The second kappa shape index (κ2) is 17.6. The Bertz CT molecular complexity index is 1580. The number of methoxy groups -OCH3 is 2. The van der Waals surface area contributed by atoms with Gasteiger partial charge in [-0.2, -0.15) is 5.26 Å². The van der Waals surface area contributed by atoms with Crippen molar-refractivity contribution in [1.82, 2.24) is 9.97 Å². The van der Waals surface area contributed by atoms with Crippen molar-refractivity contribution in [2.45, 2.75) is 39.0 Å². The third-order valence-electron chi connectivity index (χ3n) is 6.85. The molecule has 1 heterocycles. The number of ether oxygens (including phenoxy) is 4. The second-order valence-corrected chi connectivity index (χ2v) is 9.85. The number of aromatic nitrogens is 2. The van der Waals surface area contributed by atoms with Crippen LogP contribution in [0.2, 0.25) is 0 Å². The first kappa shape index (κ1) is 34.0. The molecular formula is C34H35N3O8. The first-order chi connectivity index (χ1) is 21.8. The van der Waals surface area contributed by atoms with E-state index in [0.29, 0.717) is 35.5 Å². The lowest BCUT2D eigenvalue weighted by Gasteiger charge is -2.14. The Morgan fingerprint density at radius 1 is 1.02 bits per heavy atom. The van der Waals surface area contributed by atoms with Crippen molar-refractivity contribution >= 4 is 23.3 Å². The molecule has 1 saturated carbocycles. The fourth-order valence-electron chi connectivity index (χ4n) is 4.71. The smallest absolute Gasteiger partial charge is 0.341 e. The summed E-state index contributed by atoms with van der Waals surface area (Å²) in [6, 6.07) is 17.2. The molecule has 234 valence electrons. The first-order valence-corrected chi connectivity index (χ1v) is 14.3. The molecule has 0 bridgehead atoms. The summed E-state index contributed by atoms with van der Waals surface area (Å²) in [6.45, 7) is 2.04. The molecule has 3 aromatic rings. The van der Waals surface area contributed by atoms with E-state index in [4.69, 9.17) is 24.1 Å². The number of ketones is 1. The van der Waals surface area contributed by atoms with E-state index in [0.717, 1.165) is 12.8 Å². The molecule has 0 spiro atoms. The van der Waals surface area contributed by atoms with Gasteiger partial charge in [-0.15, -0.1) is 0 Å². The molecule has 1 aromatic heterocycles. The minimum absolute atomic E-state index is 0.0519. The zero-order chi connectivity index (χ0) is 32.6. The lowest BCUT2D eigenvalue weighted by Crippen LogP contribution is -2.17. The minimum atomic E-state index is -0.792. The van der Waals surface area contributed by atoms with Crippen LogP contribution in [0.25, 0.3) is 5.57 Å². The number of nitriles is 1. The highest BCUT2D eigenvalue weighted by Gasteiger charge is 2.34. The summed E-state index contributed by atoms with van der Waals surface area (Å²) in [7, 11) is 2.71. The number of rotatable bonds is 12. The van der Waals surface area contributed by atoms with Gasteiger partial charge in [0.2, 0.25) is 11.8 Å². The largest absolute Gasteiger partial charge is 0.503 e. The molecule has 1 N–H and O–H groups in total. The average molecular weight is 614 g/mol. The summed E-state index contributed by atoms with van der Waals surface area (Å²) >= 11 is 0. The summed E-state index contributed by atoms with van der Waals surface area (Å²) in [5.74, 6) is -0.0343. The number of carboxylic acid groups (broad SMARTS) is 1. The molecule has 0 amide bonds. The normalized spacial score (nSPS) is 15.9. The number of hydrogen-bond donors (Lipinski definition) is 1. The summed E-state index contributed by atoms with van der Waals surface area (Å²) in [5, 5.41) is 17.9. The maximum absolute atomic E-state index is 12.1. The van der Waals surface area contributed by atoms with Crippen LogP contribution < -0.4 is 9.47 Å². The quantitative estimate of drug-likeness (QED) is 0.103. The molecule has 1 aliphatic carbocycles. The van der Waals surface area contributed by atoms with Crippen LogP contribution in [-0.2, 0) is 23.9 Å². The van der Waals surface area contributed by atoms with Gasteiger partial charge in [0, 0.05) is 24.3 Å². The fraction of sp³-hybridized carbons (Fsp3) is 0.294. The van der Waals surface area contributed by atoms with E-state index >= 15 is 0 Å². The molecule has 2 atom stereocenters. The van der Waals surface area contributed by atoms with Gasteiger partial charge in [0.05, 0.1) is 32.1 Å². The predicted octanol–water partition coefficient (Wildman–Crippen LogP) is 6.51. The number of hydrogen-bond acceptors (Lipinski definition) is 10. The van der Waals surface area contributed by atoms with Gasteiger partial charge in [0.15, 0.2) is 0 Å². The molecular weight excluding hydrogens is 578 g/mol. The van der Waals surface area contributed by atoms with Crippen LogP contribution in [0.5, 0.6) is 23.3 Å². The summed E-state index contributed by atoms with van der Waals surface area (Å²) in [6.07, 6.45) is 9.70. The number of carbonyl (C=O) groups excluding carboxylic acids is 2. The predicted molar refractivity (Wildman–Crippen MR) is 164 cm³/mol. The van der Waals surface area contributed by atoms with Gasteiger partial charge in [-0.05, 0) is 43.4 Å². The molecule has 11 nitrogen and oxygen atoms in total. The maximum Gasteiger partial charge on any atom is 0.341 e. The van der Waals surface area contributed by atoms with Gasteiger partial charge in [0.25, 0.3) is 0 Å². The zero-order valence-electron chi connectivity index (χ0n) is 25.3. The Kier molecular flexibility index (Phi) is 13.3. The van der Waals surface area contributed by atoms with Crippen LogP contribution in [0.3, 0.4) is 0 Å². The lowest BCUT2D eigenvalue weighted by atomic mass is 9.89. The van der Waals surface area contributed by atoms with Crippen LogP contribution in [0.4, 0.5) is 0 Å². The van der Waals surface area contributed by atoms with E-state index in [2.05, 4.69) is 16.0 Å². The number of carbonyl (C=O) groups is 3. The number of nitrogens with zero attached hydrogens (tertiary/aromatic N) is 3. The standard InChI is InChI=1S/C22H17N3O5.C12H18O3/c1-27-13-17(22(26)28-2)16-8-4-6-10-19(16)30-21-11-20(24-14-25-21)29-18-9-5-3-7-15(18)12-23;1-2-3-4-5-10-9(8-12(14)15)6-7-11(10)13/h3-11,13-14H,1-2H3;3-4,9-10H,2,5-8H2,1H3,(H,14,15)/b17-13+;4-3-/t;9-,10-/m.1/s1. The van der Waals surface area contributed by atoms with Crippen molar-refractivity contribution in [3.8, 4) is 29.3 Å². The fourth-order valence-corrected chi connectivity index (χ4v) is 4.71. The van der Waals surface area contributed by atoms with Crippen LogP contribution in [-0.4, -0.2) is 47.0 Å². The Hall–Kier alpha value is -5.50. The SMILES string of the molecule is CC/C=C\C[C@H]1C(=O)CC[C@@H]1CC(=O)O.CO/C=C(/C(=O)OC)c1ccccc1Oc1cc(Oc2ccccc2C#N)ncn1. The highest BCUT2D eigenvalue weighted by Crippen LogP contribution is 2.34. The first-order valence-electron chi connectivity index (χ1n) is 14.3. The van der Waals surface area contributed by atoms with E-state index in [1.807, 2.05) is 19.1 Å². The summed E-state index contributed by atoms with van der Waals surface area (Å²) < 4.78 is 21.4. The number of allylic oxidation sites excluding steroid dienone is 2. The second-order valence-electron chi connectivity index (χ2n) is 9.85. The molecule has 1 fully saturated rings. The van der Waals surface area contributed by atoms with E-state index in [1.54, 1.807) is 48.5 Å². The number of benzene rings is 2. The van der Waals surface area contributed by atoms with Gasteiger partial charge in [-0.3, -0.25) is 9.59 Å². The molecule has 0 saturated heterocycles. The van der Waals surface area contributed by atoms with Crippen molar-refractivity contribution < 1.29 is 38.4 Å². The zero-order valence-corrected chi connectivity index (χ0v) is 25.3. The van der Waals surface area contributed by atoms with E-state index in [-0.39, 0.29) is 41.4 Å². The maximum atomic E-state index is 12.1. The van der Waals surface area contributed by atoms with E-state index in [1.165, 1.54) is 32.9 Å². The third-order valence-corrected chi connectivity index (χ3v) is 6.85. The highest BCUT2D eigenvalue weighted by molar-refractivity contribution is 6.17. The molecule has 11 heteroatoms. The molecule has 0 unspecified atom stereocenters. The Morgan fingerprint density at radius 3 is 2.33 bits per heavy atom. The van der Waals surface area contributed by atoms with Crippen molar-refractivity contribution in [2.75, 3.05) is 14.2 Å². The Morgan fingerprint density at radius 2 is 1.69 bits per heavy atom. The van der Waals surface area contributed by atoms with Gasteiger partial charge >= 0.3 is 11.9 Å².